The third-order valence-electron chi connectivity index (χ3n) is 5.21. The number of methoxy groups -OCH3 is 1. The molecule has 1 N–H and O–H groups in total. The van der Waals surface area contributed by atoms with Gasteiger partial charge in [0.15, 0.2) is 0 Å². The molecular weight excluding hydrogens is 386 g/mol. The molecule has 150 valence electrons. The van der Waals surface area contributed by atoms with E-state index in [1.165, 1.54) is 6.07 Å². The second kappa shape index (κ2) is 8.61. The summed E-state index contributed by atoms with van der Waals surface area (Å²) in [7, 11) is 1.62. The number of carbonyl (C=O) groups is 1. The van der Waals surface area contributed by atoms with Crippen molar-refractivity contribution in [2.75, 3.05) is 13.7 Å². The molecule has 1 atom stereocenters. The van der Waals surface area contributed by atoms with Crippen LogP contribution in [-0.2, 0) is 11.2 Å². The van der Waals surface area contributed by atoms with Gasteiger partial charge in [-0.1, -0.05) is 12.1 Å². The smallest absolute Gasteiger partial charge is 0.251 e. The zero-order valence-electron chi connectivity index (χ0n) is 16.3. The van der Waals surface area contributed by atoms with E-state index in [0.29, 0.717) is 24.5 Å². The van der Waals surface area contributed by atoms with Crippen molar-refractivity contribution in [2.45, 2.75) is 31.7 Å². The van der Waals surface area contributed by atoms with Gasteiger partial charge in [0, 0.05) is 23.6 Å². The van der Waals surface area contributed by atoms with Gasteiger partial charge in [0.1, 0.15) is 11.6 Å². The highest BCUT2D eigenvalue weighted by Gasteiger charge is 2.30. The largest absolute Gasteiger partial charge is 0.497 e. The molecule has 0 bridgehead atoms. The van der Waals surface area contributed by atoms with E-state index in [2.05, 4.69) is 4.98 Å². The Balaban J connectivity index is 1.60. The molecule has 6 nitrogen and oxygen atoms in total. The molecule has 0 radical (unpaired) electrons. The quantitative estimate of drug-likeness (QED) is 0.695. The molecule has 0 saturated carbocycles. The van der Waals surface area contributed by atoms with Gasteiger partial charge in [-0.05, 0) is 48.4 Å². The fourth-order valence-electron chi connectivity index (χ4n) is 3.77. The van der Waals surface area contributed by atoms with Crippen molar-refractivity contribution >= 4 is 17.2 Å². The number of rotatable bonds is 5. The van der Waals surface area contributed by atoms with Crippen LogP contribution in [0.4, 0.5) is 0 Å². The second-order valence-electron chi connectivity index (χ2n) is 7.15. The van der Waals surface area contributed by atoms with Crippen LogP contribution in [0.15, 0.2) is 52.0 Å². The zero-order chi connectivity index (χ0) is 20.2. The minimum absolute atomic E-state index is 0.0338. The van der Waals surface area contributed by atoms with E-state index in [1.54, 1.807) is 18.4 Å². The van der Waals surface area contributed by atoms with E-state index in [0.717, 1.165) is 36.1 Å². The van der Waals surface area contributed by atoms with Crippen molar-refractivity contribution in [3.63, 3.8) is 0 Å². The summed E-state index contributed by atoms with van der Waals surface area (Å²) in [5, 5.41) is 3.93. The molecule has 1 aromatic carbocycles. The topological polar surface area (TPSA) is 75.3 Å². The van der Waals surface area contributed by atoms with Gasteiger partial charge in [0.05, 0.1) is 25.3 Å². The summed E-state index contributed by atoms with van der Waals surface area (Å²) < 4.78 is 5.26. The number of hydrogen-bond acceptors (Lipinski definition) is 5. The van der Waals surface area contributed by atoms with Gasteiger partial charge >= 0.3 is 0 Å². The van der Waals surface area contributed by atoms with E-state index >= 15 is 0 Å². The van der Waals surface area contributed by atoms with Crippen LogP contribution in [0.2, 0.25) is 0 Å². The Kier molecular flexibility index (Phi) is 5.76. The first-order valence-electron chi connectivity index (χ1n) is 9.70. The number of aromatic nitrogens is 2. The highest BCUT2D eigenvalue weighted by Crippen LogP contribution is 2.30. The third-order valence-corrected chi connectivity index (χ3v) is 5.89. The van der Waals surface area contributed by atoms with Gasteiger partial charge in [-0.2, -0.15) is 11.3 Å². The normalized spacial score (nSPS) is 16.6. The molecule has 1 aliphatic rings. The van der Waals surface area contributed by atoms with E-state index in [1.807, 2.05) is 46.0 Å². The van der Waals surface area contributed by atoms with E-state index in [4.69, 9.17) is 9.72 Å². The monoisotopic (exact) mass is 409 g/mol. The fraction of sp³-hybridized carbons (Fsp3) is 0.318. The summed E-state index contributed by atoms with van der Waals surface area (Å²) in [5.41, 5.74) is 2.29. The van der Waals surface area contributed by atoms with E-state index in [9.17, 15) is 9.59 Å². The molecule has 1 unspecified atom stereocenters. The van der Waals surface area contributed by atoms with Crippen LogP contribution in [0, 0.1) is 0 Å². The van der Waals surface area contributed by atoms with Gasteiger partial charge < -0.3 is 14.6 Å². The van der Waals surface area contributed by atoms with Crippen LogP contribution in [0.1, 0.15) is 36.7 Å². The maximum absolute atomic E-state index is 13.1. The maximum Gasteiger partial charge on any atom is 0.251 e. The first-order valence-corrected chi connectivity index (χ1v) is 10.6. The number of piperidine rings is 1. The van der Waals surface area contributed by atoms with Gasteiger partial charge in [0.25, 0.3) is 5.56 Å². The Bertz CT molecular complexity index is 1050. The van der Waals surface area contributed by atoms with E-state index < -0.39 is 0 Å². The minimum Gasteiger partial charge on any atom is -0.497 e. The number of likely N-dealkylation sites (tertiary alicyclic amines) is 1. The van der Waals surface area contributed by atoms with E-state index in [-0.39, 0.29) is 17.5 Å². The van der Waals surface area contributed by atoms with Crippen molar-refractivity contribution in [1.82, 2.24) is 14.9 Å². The lowest BCUT2D eigenvalue weighted by molar-refractivity contribution is -0.134. The number of benzene rings is 1. The lowest BCUT2D eigenvalue weighted by atomic mass is 9.99. The molecule has 0 spiro atoms. The average Bonchev–Trinajstić information content (AvgIpc) is 3.28. The fourth-order valence-corrected chi connectivity index (χ4v) is 4.41. The van der Waals surface area contributed by atoms with Crippen molar-refractivity contribution < 1.29 is 9.53 Å². The number of carbonyl (C=O) groups excluding carboxylic acids is 1. The number of aromatic amines is 1. The number of H-pyrrole nitrogens is 1. The number of nitrogens with one attached hydrogen (secondary N) is 1. The SMILES string of the molecule is COc1cccc(CC(=O)N2CCCCC2c2nc(-c3ccsc3)cc(=O)[nH]2)c1. The highest BCUT2D eigenvalue weighted by atomic mass is 32.1. The molecule has 29 heavy (non-hydrogen) atoms. The summed E-state index contributed by atoms with van der Waals surface area (Å²) >= 11 is 1.56. The predicted molar refractivity (Wildman–Crippen MR) is 113 cm³/mol. The summed E-state index contributed by atoms with van der Waals surface area (Å²) in [6.07, 6.45) is 3.04. The molecule has 7 heteroatoms. The maximum atomic E-state index is 13.1. The van der Waals surface area contributed by atoms with Crippen molar-refractivity contribution in [3.8, 4) is 17.0 Å². The second-order valence-corrected chi connectivity index (χ2v) is 7.93. The van der Waals surface area contributed by atoms with Crippen LogP contribution in [-0.4, -0.2) is 34.4 Å². The van der Waals surface area contributed by atoms with Gasteiger partial charge in [-0.3, -0.25) is 9.59 Å². The molecule has 2 aromatic heterocycles. The van der Waals surface area contributed by atoms with Crippen LogP contribution in [0.3, 0.4) is 0 Å². The number of ether oxygens (including phenoxy) is 1. The van der Waals surface area contributed by atoms with Gasteiger partial charge in [0.2, 0.25) is 5.91 Å². The Morgan fingerprint density at radius 3 is 3.00 bits per heavy atom. The third kappa shape index (κ3) is 4.40. The number of thiophene rings is 1. The molecular formula is C22H23N3O3S. The van der Waals surface area contributed by atoms with Crippen LogP contribution < -0.4 is 10.3 Å². The molecule has 1 fully saturated rings. The lowest BCUT2D eigenvalue weighted by Crippen LogP contribution is -2.40. The van der Waals surface area contributed by atoms with Crippen LogP contribution in [0.25, 0.3) is 11.3 Å². The van der Waals surface area contributed by atoms with Crippen molar-refractivity contribution in [3.05, 3.63) is 68.9 Å². The molecule has 1 amide bonds. The van der Waals surface area contributed by atoms with Crippen molar-refractivity contribution in [1.29, 1.82) is 0 Å². The summed E-state index contributed by atoms with van der Waals surface area (Å²) in [4.78, 5) is 34.8. The number of nitrogens with zero attached hydrogens (tertiary/aromatic N) is 2. The number of amides is 1. The first kappa shape index (κ1) is 19.4. The van der Waals surface area contributed by atoms with Gasteiger partial charge in [-0.15, -0.1) is 0 Å². The molecule has 3 aromatic rings. The van der Waals surface area contributed by atoms with Gasteiger partial charge in [-0.25, -0.2) is 4.98 Å². The zero-order valence-corrected chi connectivity index (χ0v) is 17.1. The average molecular weight is 410 g/mol. The van der Waals surface area contributed by atoms with Crippen LogP contribution in [0.5, 0.6) is 5.75 Å². The molecule has 4 rings (SSSR count). The van der Waals surface area contributed by atoms with Crippen LogP contribution >= 0.6 is 11.3 Å². The Hall–Kier alpha value is -2.93. The number of hydrogen-bond donors (Lipinski definition) is 1. The van der Waals surface area contributed by atoms with Crippen molar-refractivity contribution in [2.24, 2.45) is 0 Å². The lowest BCUT2D eigenvalue weighted by Gasteiger charge is -2.35. The summed E-state index contributed by atoms with van der Waals surface area (Å²) in [6, 6.07) is 10.8. The Morgan fingerprint density at radius 2 is 2.21 bits per heavy atom. The Morgan fingerprint density at radius 1 is 1.31 bits per heavy atom. The summed E-state index contributed by atoms with van der Waals surface area (Å²) in [6.45, 7) is 0.667. The molecule has 1 saturated heterocycles. The predicted octanol–water partition coefficient (Wildman–Crippen LogP) is 3.80. The standard InChI is InChI=1S/C22H23N3O3S/c1-28-17-6-4-5-15(11-17)12-21(27)25-9-3-2-7-19(25)22-23-18(13-20(26)24-22)16-8-10-29-14-16/h4-6,8,10-11,13-14,19H,2-3,7,9,12H2,1H3,(H,23,24,26). The minimum atomic E-state index is -0.215. The molecule has 3 heterocycles. The highest BCUT2D eigenvalue weighted by molar-refractivity contribution is 7.08. The Labute approximate surface area is 173 Å². The molecule has 0 aliphatic carbocycles. The summed E-state index contributed by atoms with van der Waals surface area (Å²) in [5.74, 6) is 1.34. The molecule has 1 aliphatic heterocycles. The first-order chi connectivity index (χ1) is 14.1.